The van der Waals surface area contributed by atoms with E-state index in [-0.39, 0.29) is 5.69 Å². The molecule has 0 aliphatic carbocycles. The first-order chi connectivity index (χ1) is 10.8. The molecule has 1 aromatic carbocycles. The molecule has 5 nitrogen and oxygen atoms in total. The summed E-state index contributed by atoms with van der Waals surface area (Å²) in [7, 11) is -4.08. The van der Waals surface area contributed by atoms with Crippen LogP contribution in [0.5, 0.6) is 5.75 Å². The second-order valence-corrected chi connectivity index (χ2v) is 5.97. The molecule has 0 fully saturated rings. The Bertz CT molecular complexity index is 800. The fourth-order valence-corrected chi connectivity index (χ4v) is 2.88. The summed E-state index contributed by atoms with van der Waals surface area (Å²) in [6.45, 7) is -0.419. The third kappa shape index (κ3) is 3.27. The smallest absolute Gasteiger partial charge is 0.247 e. The summed E-state index contributed by atoms with van der Waals surface area (Å²) in [6.07, 6.45) is 1.37. The summed E-state index contributed by atoms with van der Waals surface area (Å²) in [4.78, 5) is 2.04. The molecule has 0 unspecified atom stereocenters. The third-order valence-electron chi connectivity index (χ3n) is 2.83. The minimum Gasteiger partial charge on any atom is -0.491 e. The van der Waals surface area contributed by atoms with E-state index in [0.29, 0.717) is 0 Å². The van der Waals surface area contributed by atoms with Crippen LogP contribution in [0.3, 0.4) is 0 Å². The number of methoxy groups -OCH3 is 1. The van der Waals surface area contributed by atoms with Crippen LogP contribution in [0.25, 0.3) is 0 Å². The Hall–Kier alpha value is -2.20. The van der Waals surface area contributed by atoms with Crippen molar-refractivity contribution in [3.8, 4) is 5.75 Å². The number of benzene rings is 1. The number of halogens is 4. The number of hydrogen-bond donors (Lipinski definition) is 1. The first kappa shape index (κ1) is 17.2. The SMILES string of the molecule is COc1c(F)c(F)c(S(=O)(=O)NCc2ccccn2)c(F)c1F. The Morgan fingerprint density at radius 3 is 2.17 bits per heavy atom. The maximum absolute atomic E-state index is 13.8. The number of sulfonamides is 1. The minimum atomic E-state index is -4.87. The Balaban J connectivity index is 2.44. The van der Waals surface area contributed by atoms with Crippen molar-refractivity contribution in [1.29, 1.82) is 0 Å². The monoisotopic (exact) mass is 350 g/mol. The summed E-state index contributed by atoms with van der Waals surface area (Å²) < 4.78 is 84.7. The molecule has 2 aromatic rings. The van der Waals surface area contributed by atoms with Crippen LogP contribution in [-0.4, -0.2) is 20.5 Å². The van der Waals surface area contributed by atoms with Crippen molar-refractivity contribution in [1.82, 2.24) is 9.71 Å². The van der Waals surface area contributed by atoms with Crippen molar-refractivity contribution in [3.05, 3.63) is 53.4 Å². The lowest BCUT2D eigenvalue weighted by Crippen LogP contribution is -2.26. The average molecular weight is 350 g/mol. The number of nitrogens with one attached hydrogen (secondary N) is 1. The lowest BCUT2D eigenvalue weighted by atomic mass is 10.3. The number of hydrogen-bond acceptors (Lipinski definition) is 4. The molecule has 0 radical (unpaired) electrons. The van der Waals surface area contributed by atoms with Gasteiger partial charge in [0, 0.05) is 6.20 Å². The van der Waals surface area contributed by atoms with Gasteiger partial charge in [-0.1, -0.05) is 6.07 Å². The van der Waals surface area contributed by atoms with E-state index in [1.807, 2.05) is 4.72 Å². The summed E-state index contributed by atoms with van der Waals surface area (Å²) in [5.74, 6) is -9.37. The van der Waals surface area contributed by atoms with Gasteiger partial charge in [-0.3, -0.25) is 4.98 Å². The topological polar surface area (TPSA) is 68.3 Å². The summed E-state index contributed by atoms with van der Waals surface area (Å²) >= 11 is 0. The molecule has 0 spiro atoms. The molecule has 0 aliphatic heterocycles. The van der Waals surface area contributed by atoms with Gasteiger partial charge >= 0.3 is 0 Å². The molecule has 0 saturated carbocycles. The minimum absolute atomic E-state index is 0.242. The first-order valence-electron chi connectivity index (χ1n) is 6.09. The summed E-state index contributed by atoms with van der Waals surface area (Å²) in [6, 6.07) is 4.58. The van der Waals surface area contributed by atoms with Crippen LogP contribution >= 0.6 is 0 Å². The van der Waals surface area contributed by atoms with Gasteiger partial charge in [0.15, 0.2) is 22.3 Å². The molecule has 0 saturated heterocycles. The maximum atomic E-state index is 13.8. The molecule has 1 aromatic heterocycles. The highest BCUT2D eigenvalue weighted by Crippen LogP contribution is 2.32. The molecule has 124 valence electrons. The van der Waals surface area contributed by atoms with Gasteiger partial charge in [-0.05, 0) is 12.1 Å². The number of aromatic nitrogens is 1. The lowest BCUT2D eigenvalue weighted by molar-refractivity contribution is 0.322. The van der Waals surface area contributed by atoms with E-state index >= 15 is 0 Å². The van der Waals surface area contributed by atoms with Crippen LogP contribution in [0.4, 0.5) is 17.6 Å². The van der Waals surface area contributed by atoms with Gasteiger partial charge in [-0.15, -0.1) is 0 Å². The molecule has 1 heterocycles. The predicted octanol–water partition coefficient (Wildman–Crippen LogP) is 2.13. The van der Waals surface area contributed by atoms with Gasteiger partial charge in [0.2, 0.25) is 21.7 Å². The molecular weight excluding hydrogens is 340 g/mol. The largest absolute Gasteiger partial charge is 0.491 e. The highest BCUT2D eigenvalue weighted by molar-refractivity contribution is 7.89. The van der Waals surface area contributed by atoms with Crippen molar-refractivity contribution in [2.45, 2.75) is 11.4 Å². The number of rotatable bonds is 5. The highest BCUT2D eigenvalue weighted by atomic mass is 32.2. The first-order valence-corrected chi connectivity index (χ1v) is 7.57. The number of nitrogens with zero attached hydrogens (tertiary/aromatic N) is 1. The molecule has 0 aliphatic rings. The van der Waals surface area contributed by atoms with Crippen molar-refractivity contribution in [2.24, 2.45) is 0 Å². The highest BCUT2D eigenvalue weighted by Gasteiger charge is 2.33. The van der Waals surface area contributed by atoms with Crippen molar-refractivity contribution in [2.75, 3.05) is 7.11 Å². The van der Waals surface area contributed by atoms with Crippen LogP contribution in [0.15, 0.2) is 29.3 Å². The third-order valence-corrected chi connectivity index (χ3v) is 4.25. The van der Waals surface area contributed by atoms with E-state index in [9.17, 15) is 26.0 Å². The zero-order chi connectivity index (χ0) is 17.2. The molecule has 2 rings (SSSR count). The predicted molar refractivity (Wildman–Crippen MR) is 71.1 cm³/mol. The second kappa shape index (κ2) is 6.50. The van der Waals surface area contributed by atoms with Gasteiger partial charge in [0.1, 0.15) is 0 Å². The standard InChI is InChI=1S/C13H10F4N2O3S/c1-22-12-8(14)10(16)13(11(17)9(12)15)23(20,21)19-6-7-4-2-3-5-18-7/h2-5,19H,6H2,1H3. The normalized spacial score (nSPS) is 11.5. The Labute approximate surface area is 129 Å². The van der Waals surface area contributed by atoms with E-state index in [2.05, 4.69) is 9.72 Å². The Morgan fingerprint density at radius 1 is 1.09 bits per heavy atom. The molecule has 10 heteroatoms. The molecule has 23 heavy (non-hydrogen) atoms. The Morgan fingerprint density at radius 2 is 1.70 bits per heavy atom. The van der Waals surface area contributed by atoms with Crippen molar-refractivity contribution in [3.63, 3.8) is 0 Å². The van der Waals surface area contributed by atoms with Crippen molar-refractivity contribution >= 4 is 10.0 Å². The van der Waals surface area contributed by atoms with Crippen LogP contribution in [0.2, 0.25) is 0 Å². The van der Waals surface area contributed by atoms with Gasteiger partial charge in [-0.25, -0.2) is 21.9 Å². The van der Waals surface area contributed by atoms with E-state index in [1.54, 1.807) is 12.1 Å². The van der Waals surface area contributed by atoms with Crippen LogP contribution < -0.4 is 9.46 Å². The van der Waals surface area contributed by atoms with Gasteiger partial charge in [0.25, 0.3) is 0 Å². The van der Waals surface area contributed by atoms with E-state index in [1.165, 1.54) is 12.3 Å². The molecule has 0 amide bonds. The van der Waals surface area contributed by atoms with Crippen molar-refractivity contribution < 1.29 is 30.7 Å². The average Bonchev–Trinajstić information content (AvgIpc) is 2.53. The van der Waals surface area contributed by atoms with Gasteiger partial charge in [-0.2, -0.15) is 8.78 Å². The van der Waals surface area contributed by atoms with Crippen LogP contribution in [-0.2, 0) is 16.6 Å². The number of ether oxygens (including phenoxy) is 1. The van der Waals surface area contributed by atoms with Gasteiger partial charge in [0.05, 0.1) is 19.3 Å². The maximum Gasteiger partial charge on any atom is 0.247 e. The van der Waals surface area contributed by atoms with E-state index in [0.717, 1.165) is 7.11 Å². The second-order valence-electron chi connectivity index (χ2n) is 4.26. The van der Waals surface area contributed by atoms with E-state index < -0.39 is 50.5 Å². The van der Waals surface area contributed by atoms with Gasteiger partial charge < -0.3 is 4.74 Å². The fourth-order valence-electron chi connectivity index (χ4n) is 1.75. The Kier molecular flexibility index (Phi) is 4.85. The zero-order valence-corrected chi connectivity index (χ0v) is 12.4. The van der Waals surface area contributed by atoms with Crippen LogP contribution in [0.1, 0.15) is 5.69 Å². The molecular formula is C13H10F4N2O3S. The summed E-state index contributed by atoms with van der Waals surface area (Å²) in [5, 5.41) is 0. The zero-order valence-electron chi connectivity index (χ0n) is 11.6. The number of pyridine rings is 1. The van der Waals surface area contributed by atoms with E-state index in [4.69, 9.17) is 0 Å². The molecule has 1 N–H and O–H groups in total. The summed E-state index contributed by atoms with van der Waals surface area (Å²) in [5.41, 5.74) is 0.242. The quantitative estimate of drug-likeness (QED) is 0.663. The molecule has 0 bridgehead atoms. The fraction of sp³-hybridized carbons (Fsp3) is 0.154. The van der Waals surface area contributed by atoms with Crippen LogP contribution in [0, 0.1) is 23.3 Å². The molecule has 0 atom stereocenters. The lowest BCUT2D eigenvalue weighted by Gasteiger charge is -2.12.